The van der Waals surface area contributed by atoms with Crippen molar-refractivity contribution in [3.8, 4) is 0 Å². The van der Waals surface area contributed by atoms with Crippen LogP contribution in [0.25, 0.3) is 0 Å². The van der Waals surface area contributed by atoms with Gasteiger partial charge in [0, 0.05) is 24.2 Å². The first-order chi connectivity index (χ1) is 15.5. The monoisotopic (exact) mass is 493 g/mol. The maximum atomic E-state index is 13.4. The van der Waals surface area contributed by atoms with Crippen LogP contribution in [0.4, 0.5) is 5.69 Å². The molecule has 1 atom stereocenters. The third-order valence-corrected chi connectivity index (χ3v) is 6.51. The molecule has 0 radical (unpaired) electrons. The molecule has 0 aliphatic rings. The summed E-state index contributed by atoms with van der Waals surface area (Å²) in [6.45, 7) is 2.71. The van der Waals surface area contributed by atoms with Crippen LogP contribution in [-0.2, 0) is 26.2 Å². The number of nitrogens with one attached hydrogen (secondary N) is 1. The molecule has 0 spiro atoms. The van der Waals surface area contributed by atoms with Crippen molar-refractivity contribution in [1.82, 2.24) is 10.2 Å². The van der Waals surface area contributed by atoms with E-state index in [2.05, 4.69) is 5.32 Å². The van der Waals surface area contributed by atoms with Gasteiger partial charge in [-0.25, -0.2) is 8.42 Å². The van der Waals surface area contributed by atoms with Gasteiger partial charge in [0.25, 0.3) is 0 Å². The van der Waals surface area contributed by atoms with Gasteiger partial charge in [-0.2, -0.15) is 0 Å². The Balaban J connectivity index is 2.45. The Hall–Kier alpha value is -2.91. The molecule has 2 rings (SSSR count). The van der Waals surface area contributed by atoms with E-state index in [9.17, 15) is 22.8 Å². The average molecular weight is 494 g/mol. The largest absolute Gasteiger partial charge is 0.357 e. The normalized spacial score (nSPS) is 12.0. The van der Waals surface area contributed by atoms with Crippen LogP contribution in [0.5, 0.6) is 0 Å². The van der Waals surface area contributed by atoms with E-state index in [1.54, 1.807) is 43.3 Å². The van der Waals surface area contributed by atoms with Gasteiger partial charge in [0.15, 0.2) is 5.78 Å². The predicted octanol–water partition coefficient (Wildman–Crippen LogP) is 2.86. The van der Waals surface area contributed by atoms with Crippen LogP contribution < -0.4 is 9.62 Å². The lowest BCUT2D eigenvalue weighted by Gasteiger charge is -2.32. The molecule has 8 nitrogen and oxygen atoms in total. The summed E-state index contributed by atoms with van der Waals surface area (Å²) >= 11 is 5.95. The highest BCUT2D eigenvalue weighted by atomic mass is 35.5. The Morgan fingerprint density at radius 3 is 2.24 bits per heavy atom. The molecule has 10 heteroatoms. The van der Waals surface area contributed by atoms with Gasteiger partial charge in [-0.15, -0.1) is 0 Å². The number of Topliss-reactive ketones (excluding diaryl/α,β-unsaturated/α-hetero) is 1. The van der Waals surface area contributed by atoms with E-state index in [0.717, 1.165) is 16.1 Å². The summed E-state index contributed by atoms with van der Waals surface area (Å²) < 4.78 is 26.1. The molecule has 0 fully saturated rings. The fraction of sp³-hybridized carbons (Fsp3) is 0.348. The fourth-order valence-corrected chi connectivity index (χ4v) is 4.33. The molecule has 0 unspecified atom stereocenters. The van der Waals surface area contributed by atoms with Gasteiger partial charge in [0.1, 0.15) is 12.6 Å². The standard InChI is InChI=1S/C23H28ClN3O5S/c1-5-21(23(30)25-3)26(14-17-9-11-19(24)12-10-17)22(29)15-27(33(4,31)32)20-8-6-7-18(13-20)16(2)28/h6-13,21H,5,14-15H2,1-4H3,(H,25,30)/t21-/m0/s1. The van der Waals surface area contributed by atoms with Crippen molar-refractivity contribution in [2.24, 2.45) is 0 Å². The van der Waals surface area contributed by atoms with Crippen molar-refractivity contribution in [2.45, 2.75) is 32.9 Å². The second-order valence-electron chi connectivity index (χ2n) is 7.56. The molecule has 178 valence electrons. The van der Waals surface area contributed by atoms with Crippen LogP contribution in [0.1, 0.15) is 36.2 Å². The highest BCUT2D eigenvalue weighted by molar-refractivity contribution is 7.92. The minimum atomic E-state index is -3.87. The van der Waals surface area contributed by atoms with Crippen LogP contribution in [0.3, 0.4) is 0 Å². The van der Waals surface area contributed by atoms with E-state index < -0.39 is 28.5 Å². The molecule has 0 bridgehead atoms. The fourth-order valence-electron chi connectivity index (χ4n) is 3.37. The first-order valence-corrected chi connectivity index (χ1v) is 12.5. The van der Waals surface area contributed by atoms with Crippen LogP contribution >= 0.6 is 11.6 Å². The Kier molecular flexibility index (Phi) is 9.01. The molecule has 0 aromatic heterocycles. The average Bonchev–Trinajstić information content (AvgIpc) is 2.77. The van der Waals surface area contributed by atoms with E-state index in [0.29, 0.717) is 17.0 Å². The third kappa shape index (κ3) is 7.03. The Morgan fingerprint density at radius 2 is 1.73 bits per heavy atom. The van der Waals surface area contributed by atoms with Crippen LogP contribution in [0.2, 0.25) is 5.02 Å². The van der Waals surface area contributed by atoms with E-state index in [1.807, 2.05) is 0 Å². The number of sulfonamides is 1. The van der Waals surface area contributed by atoms with E-state index in [-0.39, 0.29) is 23.9 Å². The third-order valence-electron chi connectivity index (χ3n) is 5.12. The van der Waals surface area contributed by atoms with Crippen LogP contribution in [-0.4, -0.2) is 56.8 Å². The highest BCUT2D eigenvalue weighted by Crippen LogP contribution is 2.21. The number of hydrogen-bond donors (Lipinski definition) is 1. The van der Waals surface area contributed by atoms with Gasteiger partial charge in [0.2, 0.25) is 21.8 Å². The Labute approximate surface area is 199 Å². The summed E-state index contributed by atoms with van der Waals surface area (Å²) in [5.74, 6) is -1.14. The molecule has 0 saturated heterocycles. The lowest BCUT2D eigenvalue weighted by molar-refractivity contribution is -0.140. The number of likely N-dealkylation sites (N-methyl/N-ethyl adjacent to an activating group) is 1. The van der Waals surface area contributed by atoms with Crippen molar-refractivity contribution < 1.29 is 22.8 Å². The van der Waals surface area contributed by atoms with Gasteiger partial charge < -0.3 is 10.2 Å². The molecule has 0 heterocycles. The molecule has 2 amide bonds. The van der Waals surface area contributed by atoms with Crippen molar-refractivity contribution in [3.05, 3.63) is 64.7 Å². The molecular weight excluding hydrogens is 466 g/mol. The number of halogens is 1. The summed E-state index contributed by atoms with van der Waals surface area (Å²) in [5.41, 5.74) is 1.25. The van der Waals surface area contributed by atoms with Gasteiger partial charge in [0.05, 0.1) is 11.9 Å². The molecule has 2 aromatic rings. The highest BCUT2D eigenvalue weighted by Gasteiger charge is 2.31. The van der Waals surface area contributed by atoms with Crippen molar-refractivity contribution in [2.75, 3.05) is 24.2 Å². The summed E-state index contributed by atoms with van der Waals surface area (Å²) in [4.78, 5) is 39.1. The second-order valence-corrected chi connectivity index (χ2v) is 9.91. The van der Waals surface area contributed by atoms with Crippen molar-refractivity contribution in [1.29, 1.82) is 0 Å². The topological polar surface area (TPSA) is 104 Å². The van der Waals surface area contributed by atoms with Gasteiger partial charge in [-0.1, -0.05) is 42.8 Å². The first-order valence-electron chi connectivity index (χ1n) is 10.3. The maximum Gasteiger partial charge on any atom is 0.244 e. The zero-order chi connectivity index (χ0) is 24.8. The number of ketones is 1. The van der Waals surface area contributed by atoms with Crippen molar-refractivity contribution >= 4 is 44.9 Å². The number of carbonyl (C=O) groups excluding carboxylic acids is 3. The maximum absolute atomic E-state index is 13.4. The molecule has 2 aromatic carbocycles. The molecule has 0 saturated carbocycles. The van der Waals surface area contributed by atoms with Crippen molar-refractivity contribution in [3.63, 3.8) is 0 Å². The summed E-state index contributed by atoms with van der Waals surface area (Å²) in [5, 5.41) is 3.09. The molecule has 1 N–H and O–H groups in total. The number of hydrogen-bond acceptors (Lipinski definition) is 5. The predicted molar refractivity (Wildman–Crippen MR) is 129 cm³/mol. The first kappa shape index (κ1) is 26.3. The summed E-state index contributed by atoms with van der Waals surface area (Å²) in [7, 11) is -2.39. The molecule has 0 aliphatic carbocycles. The molecular formula is C23H28ClN3O5S. The zero-order valence-corrected chi connectivity index (χ0v) is 20.6. The van der Waals surface area contributed by atoms with E-state index in [1.165, 1.54) is 31.0 Å². The molecule has 0 aliphatic heterocycles. The lowest BCUT2D eigenvalue weighted by atomic mass is 10.1. The number of anilines is 1. The second kappa shape index (κ2) is 11.3. The minimum Gasteiger partial charge on any atom is -0.357 e. The van der Waals surface area contributed by atoms with Gasteiger partial charge in [-0.3, -0.25) is 18.7 Å². The van der Waals surface area contributed by atoms with E-state index in [4.69, 9.17) is 11.6 Å². The van der Waals surface area contributed by atoms with E-state index >= 15 is 0 Å². The lowest BCUT2D eigenvalue weighted by Crippen LogP contribution is -2.51. The Morgan fingerprint density at radius 1 is 1.09 bits per heavy atom. The smallest absolute Gasteiger partial charge is 0.244 e. The quantitative estimate of drug-likeness (QED) is 0.512. The SMILES string of the molecule is CC[C@@H](C(=O)NC)N(Cc1ccc(Cl)cc1)C(=O)CN(c1cccc(C(C)=O)c1)S(C)(=O)=O. The number of amides is 2. The number of rotatable bonds is 10. The van der Waals surface area contributed by atoms with Gasteiger partial charge in [-0.05, 0) is 43.2 Å². The number of carbonyl (C=O) groups is 3. The summed E-state index contributed by atoms with van der Waals surface area (Å²) in [6.07, 6.45) is 1.32. The summed E-state index contributed by atoms with van der Waals surface area (Å²) in [6, 6.07) is 12.1. The zero-order valence-electron chi connectivity index (χ0n) is 19.0. The minimum absolute atomic E-state index is 0.0903. The Bertz CT molecular complexity index is 1120. The van der Waals surface area contributed by atoms with Crippen LogP contribution in [0, 0.1) is 0 Å². The number of benzene rings is 2. The van der Waals surface area contributed by atoms with Crippen LogP contribution in [0.15, 0.2) is 48.5 Å². The molecule has 33 heavy (non-hydrogen) atoms. The number of nitrogens with zero attached hydrogens (tertiary/aromatic N) is 2. The van der Waals surface area contributed by atoms with Gasteiger partial charge >= 0.3 is 0 Å².